The summed E-state index contributed by atoms with van der Waals surface area (Å²) in [7, 11) is 1.68. The number of nitrogens with zero attached hydrogens (tertiary/aromatic N) is 4. The first-order valence-electron chi connectivity index (χ1n) is 12.9. The number of rotatable bonds is 6. The molecular weight excluding hydrogens is 487 g/mol. The fraction of sp³-hybridized carbons (Fsp3) is 0.393. The quantitative estimate of drug-likeness (QED) is 0.526. The first-order chi connectivity index (χ1) is 18.3. The van der Waals surface area contributed by atoms with Gasteiger partial charge in [-0.05, 0) is 67.2 Å². The number of carbonyl (C=O) groups is 1. The summed E-state index contributed by atoms with van der Waals surface area (Å²) in [5.41, 5.74) is 2.36. The molecule has 0 saturated heterocycles. The number of aromatic amines is 2. The van der Waals surface area contributed by atoms with E-state index in [0.717, 1.165) is 41.6 Å². The molecule has 3 fully saturated rings. The fourth-order valence-corrected chi connectivity index (χ4v) is 6.04. The minimum absolute atomic E-state index is 0.0462. The van der Waals surface area contributed by atoms with Crippen LogP contribution in [0.5, 0.6) is 0 Å². The van der Waals surface area contributed by atoms with Crippen molar-refractivity contribution in [1.82, 2.24) is 19.7 Å². The van der Waals surface area contributed by atoms with Crippen LogP contribution < -0.4 is 21.6 Å². The lowest BCUT2D eigenvalue weighted by molar-refractivity contribution is -0.120. The van der Waals surface area contributed by atoms with Crippen molar-refractivity contribution >= 4 is 17.8 Å². The van der Waals surface area contributed by atoms with Crippen molar-refractivity contribution in [3.8, 4) is 11.3 Å². The molecule has 194 valence electrons. The van der Waals surface area contributed by atoms with Crippen LogP contribution in [0.3, 0.4) is 0 Å². The Morgan fingerprint density at radius 3 is 2.63 bits per heavy atom. The van der Waals surface area contributed by atoms with E-state index in [9.17, 15) is 18.8 Å². The van der Waals surface area contributed by atoms with E-state index < -0.39 is 22.3 Å². The zero-order valence-corrected chi connectivity index (χ0v) is 21.0. The van der Waals surface area contributed by atoms with Gasteiger partial charge in [0.05, 0.1) is 23.2 Å². The number of halogens is 1. The van der Waals surface area contributed by atoms with Gasteiger partial charge in [-0.2, -0.15) is 5.10 Å². The highest BCUT2D eigenvalue weighted by molar-refractivity contribution is 6.10. The Bertz CT molecular complexity index is 1730. The Balaban J connectivity index is 1.27. The number of benzene rings is 1. The Morgan fingerprint density at radius 1 is 1.18 bits per heavy atom. The van der Waals surface area contributed by atoms with Crippen molar-refractivity contribution < 1.29 is 9.18 Å². The van der Waals surface area contributed by atoms with Crippen LogP contribution in [0.25, 0.3) is 17.5 Å². The van der Waals surface area contributed by atoms with E-state index in [1.165, 1.54) is 12.4 Å². The van der Waals surface area contributed by atoms with E-state index in [0.29, 0.717) is 24.0 Å². The average Bonchev–Trinajstić information content (AvgIpc) is 3.80. The molecule has 3 heterocycles. The summed E-state index contributed by atoms with van der Waals surface area (Å²) >= 11 is 0. The molecule has 1 amide bonds. The van der Waals surface area contributed by atoms with Crippen molar-refractivity contribution in [2.24, 2.45) is 4.99 Å². The summed E-state index contributed by atoms with van der Waals surface area (Å²) < 4.78 is 16.3. The molecule has 0 bridgehead atoms. The van der Waals surface area contributed by atoms with Gasteiger partial charge in [-0.25, -0.2) is 13.9 Å². The van der Waals surface area contributed by atoms with Crippen LogP contribution in [0.2, 0.25) is 0 Å². The van der Waals surface area contributed by atoms with Gasteiger partial charge in [0.1, 0.15) is 5.67 Å². The number of hydrogen-bond acceptors (Lipinski definition) is 5. The third-order valence-electron chi connectivity index (χ3n) is 8.55. The minimum Gasteiger partial charge on any atom is -0.313 e. The molecule has 1 aliphatic heterocycles. The molecule has 3 aliphatic carbocycles. The maximum absolute atomic E-state index is 14.8. The fourth-order valence-electron chi connectivity index (χ4n) is 6.04. The number of hydrogen-bond donors (Lipinski definition) is 2. The van der Waals surface area contributed by atoms with Gasteiger partial charge < -0.3 is 9.88 Å². The van der Waals surface area contributed by atoms with Crippen molar-refractivity contribution in [2.75, 3.05) is 18.5 Å². The molecule has 7 rings (SSSR count). The predicted octanol–water partition coefficient (Wildman–Crippen LogP) is 2.71. The van der Waals surface area contributed by atoms with Crippen LogP contribution in [-0.2, 0) is 10.2 Å². The lowest BCUT2D eigenvalue weighted by atomic mass is 9.95. The lowest BCUT2D eigenvalue weighted by Crippen LogP contribution is -2.37. The molecule has 0 unspecified atom stereocenters. The maximum atomic E-state index is 14.8. The molecule has 2 atom stereocenters. The van der Waals surface area contributed by atoms with Gasteiger partial charge in [-0.1, -0.05) is 18.7 Å². The molecule has 1 aromatic carbocycles. The zero-order valence-electron chi connectivity index (χ0n) is 21.0. The van der Waals surface area contributed by atoms with Crippen LogP contribution >= 0.6 is 0 Å². The molecule has 0 radical (unpaired) electrons. The largest absolute Gasteiger partial charge is 0.325 e. The van der Waals surface area contributed by atoms with Gasteiger partial charge >= 0.3 is 5.69 Å². The van der Waals surface area contributed by atoms with E-state index in [2.05, 4.69) is 44.8 Å². The lowest BCUT2D eigenvalue weighted by Gasteiger charge is -2.20. The number of anilines is 1. The number of amides is 1. The molecule has 3 aromatic rings. The third kappa shape index (κ3) is 3.39. The highest BCUT2D eigenvalue weighted by Gasteiger charge is 2.61. The summed E-state index contributed by atoms with van der Waals surface area (Å²) in [6.45, 7) is 3.98. The molecule has 38 heavy (non-hydrogen) atoms. The average molecular weight is 515 g/mol. The second kappa shape index (κ2) is 7.72. The molecule has 10 heteroatoms. The number of nitrogens with one attached hydrogen (secondary N) is 2. The number of aromatic nitrogens is 4. The number of carbonyl (C=O) groups excluding carboxylic acids is 1. The summed E-state index contributed by atoms with van der Waals surface area (Å²) in [4.78, 5) is 48.2. The van der Waals surface area contributed by atoms with Crippen LogP contribution in [0.1, 0.15) is 60.6 Å². The van der Waals surface area contributed by atoms with Crippen LogP contribution in [-0.4, -0.2) is 44.9 Å². The van der Waals surface area contributed by atoms with E-state index in [-0.39, 0.29) is 29.9 Å². The number of fused-ring (bicyclic) bond motifs is 2. The number of H-pyrrole nitrogens is 2. The SMILES string of the molecule is C=Cn1nc(-c2c[nH]c(=O)[nH]c2=O)cc([C@H]2C[C@@H]2c2ccc3c(c2)N(CC2(F)CC2)C(=O)C32CC2)c1=NC. The highest BCUT2D eigenvalue weighted by Crippen LogP contribution is 2.60. The van der Waals surface area contributed by atoms with Crippen molar-refractivity contribution in [1.29, 1.82) is 0 Å². The van der Waals surface area contributed by atoms with E-state index >= 15 is 0 Å². The van der Waals surface area contributed by atoms with Crippen molar-refractivity contribution in [3.05, 3.63) is 80.1 Å². The summed E-state index contributed by atoms with van der Waals surface area (Å²) in [5.74, 6) is 0.332. The molecule has 1 spiro atoms. The molecule has 3 saturated carbocycles. The number of alkyl halides is 1. The van der Waals surface area contributed by atoms with Gasteiger partial charge in [-0.15, -0.1) is 0 Å². The summed E-state index contributed by atoms with van der Waals surface area (Å²) in [5, 5.41) is 4.50. The second-order valence-corrected chi connectivity index (χ2v) is 11.0. The highest BCUT2D eigenvalue weighted by atomic mass is 19.1. The van der Waals surface area contributed by atoms with Crippen LogP contribution in [0.15, 0.2) is 51.6 Å². The van der Waals surface area contributed by atoms with Gasteiger partial charge in [-0.3, -0.25) is 19.6 Å². The Labute approximate surface area is 216 Å². The van der Waals surface area contributed by atoms with Gasteiger partial charge in [0.15, 0.2) is 5.49 Å². The normalized spacial score (nSPS) is 24.0. The van der Waals surface area contributed by atoms with Gasteiger partial charge in [0.2, 0.25) is 5.91 Å². The monoisotopic (exact) mass is 514 g/mol. The van der Waals surface area contributed by atoms with E-state index in [1.807, 2.05) is 6.07 Å². The predicted molar refractivity (Wildman–Crippen MR) is 140 cm³/mol. The molecule has 4 aliphatic rings. The smallest absolute Gasteiger partial charge is 0.313 e. The molecule has 2 N–H and O–H groups in total. The Kier molecular flexibility index (Phi) is 4.69. The standard InChI is InChI=1S/C28H27FN6O3/c1-3-35-23(30-2)18(12-21(33-35)19-13-31-26(38)32-24(19)36)17-11-16(17)15-4-5-20-22(10-15)34(14-27(29)6-7-27)25(37)28(20)8-9-28/h3-5,10,12-13,16-17H,1,6-9,11,14H2,2H3,(H2,31,32,36,38)/t16-,17+/m1/s1. The second-order valence-electron chi connectivity index (χ2n) is 11.0. The van der Waals surface area contributed by atoms with E-state index in [4.69, 9.17) is 0 Å². The van der Waals surface area contributed by atoms with Crippen molar-refractivity contribution in [3.63, 3.8) is 0 Å². The minimum atomic E-state index is -1.26. The Morgan fingerprint density at radius 2 is 1.97 bits per heavy atom. The Hall–Kier alpha value is -4.08. The topological polar surface area (TPSA) is 116 Å². The molecule has 2 aromatic heterocycles. The third-order valence-corrected chi connectivity index (χ3v) is 8.55. The first kappa shape index (κ1) is 23.1. The summed E-state index contributed by atoms with van der Waals surface area (Å²) in [6, 6.07) is 8.09. The summed E-state index contributed by atoms with van der Waals surface area (Å²) in [6.07, 6.45) is 6.42. The van der Waals surface area contributed by atoms with Gasteiger partial charge in [0, 0.05) is 30.7 Å². The maximum Gasteiger partial charge on any atom is 0.325 e. The molecular formula is C28H27FN6O3. The molecule has 9 nitrogen and oxygen atoms in total. The first-order valence-corrected chi connectivity index (χ1v) is 12.9. The van der Waals surface area contributed by atoms with Crippen LogP contribution in [0, 0.1) is 0 Å². The van der Waals surface area contributed by atoms with Crippen LogP contribution in [0.4, 0.5) is 10.1 Å². The van der Waals surface area contributed by atoms with E-state index in [1.54, 1.807) is 16.6 Å². The zero-order chi connectivity index (χ0) is 26.4. The van der Waals surface area contributed by atoms with Crippen molar-refractivity contribution in [2.45, 2.75) is 55.0 Å². The van der Waals surface area contributed by atoms with Gasteiger partial charge in [0.25, 0.3) is 5.56 Å².